The average Bonchev–Trinajstić information content (AvgIpc) is 2.67. The highest BCUT2D eigenvalue weighted by Crippen LogP contribution is 2.27. The Morgan fingerprint density at radius 1 is 1.08 bits per heavy atom. The molecule has 3 rings (SSSR count). The number of aromatic hydroxyl groups is 1. The van der Waals surface area contributed by atoms with Gasteiger partial charge in [-0.1, -0.05) is 12.1 Å². The molecule has 0 radical (unpaired) electrons. The first-order valence-electron chi connectivity index (χ1n) is 8.22. The summed E-state index contributed by atoms with van der Waals surface area (Å²) in [5.41, 5.74) is 0.741. The SMILES string of the molecule is O=C(COc1ccc([N+](=O)[O-])cc1)N1CCN(c2ccccc2O)CC1. The van der Waals surface area contributed by atoms with Crippen molar-refractivity contribution in [3.05, 3.63) is 58.6 Å². The molecule has 1 saturated heterocycles. The van der Waals surface area contributed by atoms with Crippen molar-refractivity contribution in [3.63, 3.8) is 0 Å². The lowest BCUT2D eigenvalue weighted by molar-refractivity contribution is -0.384. The summed E-state index contributed by atoms with van der Waals surface area (Å²) in [4.78, 5) is 26.2. The van der Waals surface area contributed by atoms with Gasteiger partial charge in [-0.3, -0.25) is 14.9 Å². The fourth-order valence-corrected chi connectivity index (χ4v) is 2.83. The standard InChI is InChI=1S/C18H19N3O5/c22-17-4-2-1-3-16(17)19-9-11-20(12-10-19)18(23)13-26-15-7-5-14(6-8-15)21(24)25/h1-8,22H,9-13H2. The molecule has 1 aliphatic rings. The van der Waals surface area contributed by atoms with E-state index in [1.165, 1.54) is 24.3 Å². The summed E-state index contributed by atoms with van der Waals surface area (Å²) in [5.74, 6) is 0.505. The molecular weight excluding hydrogens is 338 g/mol. The van der Waals surface area contributed by atoms with Gasteiger partial charge in [0.15, 0.2) is 6.61 Å². The van der Waals surface area contributed by atoms with Crippen molar-refractivity contribution >= 4 is 17.3 Å². The molecule has 1 N–H and O–H groups in total. The number of benzene rings is 2. The van der Waals surface area contributed by atoms with Gasteiger partial charge in [-0.2, -0.15) is 0 Å². The first-order valence-corrected chi connectivity index (χ1v) is 8.22. The maximum atomic E-state index is 12.3. The van der Waals surface area contributed by atoms with Crippen LogP contribution >= 0.6 is 0 Å². The number of nitrogens with zero attached hydrogens (tertiary/aromatic N) is 3. The Morgan fingerprint density at radius 2 is 1.73 bits per heavy atom. The van der Waals surface area contributed by atoms with E-state index in [2.05, 4.69) is 0 Å². The molecular formula is C18H19N3O5. The second-order valence-corrected chi connectivity index (χ2v) is 5.90. The lowest BCUT2D eigenvalue weighted by Gasteiger charge is -2.36. The quantitative estimate of drug-likeness (QED) is 0.650. The molecule has 2 aromatic carbocycles. The summed E-state index contributed by atoms with van der Waals surface area (Å²) >= 11 is 0. The van der Waals surface area contributed by atoms with Crippen LogP contribution in [0.25, 0.3) is 0 Å². The number of nitro groups is 1. The van der Waals surface area contributed by atoms with Gasteiger partial charge < -0.3 is 19.6 Å². The van der Waals surface area contributed by atoms with Crippen LogP contribution in [0.2, 0.25) is 0 Å². The highest BCUT2D eigenvalue weighted by Gasteiger charge is 2.22. The Hall–Kier alpha value is -3.29. The molecule has 26 heavy (non-hydrogen) atoms. The van der Waals surface area contributed by atoms with Crippen LogP contribution in [-0.2, 0) is 4.79 Å². The number of non-ortho nitro benzene ring substituents is 1. The van der Waals surface area contributed by atoms with E-state index in [9.17, 15) is 20.0 Å². The smallest absolute Gasteiger partial charge is 0.269 e. The van der Waals surface area contributed by atoms with Crippen molar-refractivity contribution < 1.29 is 19.6 Å². The number of phenolic OH excluding ortho intramolecular Hbond substituents is 1. The number of rotatable bonds is 5. The fourth-order valence-electron chi connectivity index (χ4n) is 2.83. The summed E-state index contributed by atoms with van der Waals surface area (Å²) in [6.45, 7) is 2.21. The van der Waals surface area contributed by atoms with Crippen LogP contribution in [0.5, 0.6) is 11.5 Å². The van der Waals surface area contributed by atoms with Crippen LogP contribution in [0.4, 0.5) is 11.4 Å². The second-order valence-electron chi connectivity index (χ2n) is 5.90. The summed E-state index contributed by atoms with van der Waals surface area (Å²) in [6.07, 6.45) is 0. The van der Waals surface area contributed by atoms with Crippen molar-refractivity contribution in [2.75, 3.05) is 37.7 Å². The van der Waals surface area contributed by atoms with Crippen LogP contribution in [0.3, 0.4) is 0 Å². The Labute approximate surface area is 150 Å². The van der Waals surface area contributed by atoms with E-state index in [4.69, 9.17) is 4.74 Å². The molecule has 1 heterocycles. The molecule has 0 aliphatic carbocycles. The number of phenols is 1. The Kier molecular flexibility index (Phi) is 5.21. The summed E-state index contributed by atoms with van der Waals surface area (Å²) in [6, 6.07) is 12.8. The highest BCUT2D eigenvalue weighted by atomic mass is 16.6. The maximum absolute atomic E-state index is 12.3. The molecule has 0 unspecified atom stereocenters. The first kappa shape index (κ1) is 17.5. The lowest BCUT2D eigenvalue weighted by Crippen LogP contribution is -2.50. The van der Waals surface area contributed by atoms with Crippen molar-refractivity contribution in [2.24, 2.45) is 0 Å². The number of nitro benzene ring substituents is 1. The molecule has 0 bridgehead atoms. The number of para-hydroxylation sites is 2. The normalized spacial score (nSPS) is 14.2. The minimum absolute atomic E-state index is 0.0241. The number of piperazine rings is 1. The summed E-state index contributed by atoms with van der Waals surface area (Å²) in [5, 5.41) is 20.5. The maximum Gasteiger partial charge on any atom is 0.269 e. The van der Waals surface area contributed by atoms with E-state index in [0.717, 1.165) is 5.69 Å². The molecule has 0 saturated carbocycles. The van der Waals surface area contributed by atoms with Crippen LogP contribution in [-0.4, -0.2) is 53.6 Å². The van der Waals surface area contributed by atoms with Gasteiger partial charge in [0.05, 0.1) is 10.6 Å². The van der Waals surface area contributed by atoms with Crippen molar-refractivity contribution in [3.8, 4) is 11.5 Å². The van der Waals surface area contributed by atoms with Crippen molar-refractivity contribution in [1.29, 1.82) is 0 Å². The largest absolute Gasteiger partial charge is 0.506 e. The monoisotopic (exact) mass is 357 g/mol. The molecule has 8 heteroatoms. The number of ether oxygens (including phenoxy) is 1. The lowest BCUT2D eigenvalue weighted by atomic mass is 10.2. The van der Waals surface area contributed by atoms with E-state index >= 15 is 0 Å². The zero-order valence-corrected chi connectivity index (χ0v) is 14.1. The number of hydrogen-bond donors (Lipinski definition) is 1. The van der Waals surface area contributed by atoms with E-state index < -0.39 is 4.92 Å². The summed E-state index contributed by atoms with van der Waals surface area (Å²) < 4.78 is 5.42. The van der Waals surface area contributed by atoms with Gasteiger partial charge in [-0.05, 0) is 24.3 Å². The molecule has 0 spiro atoms. The summed E-state index contributed by atoms with van der Waals surface area (Å²) in [7, 11) is 0. The second kappa shape index (κ2) is 7.73. The molecule has 1 fully saturated rings. The van der Waals surface area contributed by atoms with E-state index in [-0.39, 0.29) is 24.0 Å². The van der Waals surface area contributed by atoms with E-state index in [0.29, 0.717) is 31.9 Å². The van der Waals surface area contributed by atoms with E-state index in [1.54, 1.807) is 17.0 Å². The first-order chi connectivity index (χ1) is 12.5. The zero-order valence-electron chi connectivity index (χ0n) is 14.1. The number of anilines is 1. The molecule has 1 aliphatic heterocycles. The highest BCUT2D eigenvalue weighted by molar-refractivity contribution is 5.78. The molecule has 0 aromatic heterocycles. The third kappa shape index (κ3) is 4.02. The van der Waals surface area contributed by atoms with Crippen LogP contribution in [0.15, 0.2) is 48.5 Å². The Morgan fingerprint density at radius 3 is 2.35 bits per heavy atom. The predicted octanol–water partition coefficient (Wildman–Crippen LogP) is 2.03. The minimum Gasteiger partial charge on any atom is -0.506 e. The van der Waals surface area contributed by atoms with Gasteiger partial charge in [-0.25, -0.2) is 0 Å². The van der Waals surface area contributed by atoms with Crippen molar-refractivity contribution in [1.82, 2.24) is 4.90 Å². The van der Waals surface area contributed by atoms with Gasteiger partial charge in [0.1, 0.15) is 11.5 Å². The molecule has 8 nitrogen and oxygen atoms in total. The fraction of sp³-hybridized carbons (Fsp3) is 0.278. The number of hydrogen-bond acceptors (Lipinski definition) is 6. The van der Waals surface area contributed by atoms with Crippen LogP contribution in [0.1, 0.15) is 0 Å². The van der Waals surface area contributed by atoms with Gasteiger partial charge >= 0.3 is 0 Å². The Balaban J connectivity index is 1.49. The van der Waals surface area contributed by atoms with Gasteiger partial charge in [0.2, 0.25) is 0 Å². The zero-order chi connectivity index (χ0) is 18.5. The van der Waals surface area contributed by atoms with Crippen LogP contribution < -0.4 is 9.64 Å². The Bertz CT molecular complexity index is 786. The van der Waals surface area contributed by atoms with Crippen molar-refractivity contribution in [2.45, 2.75) is 0 Å². The third-order valence-electron chi connectivity index (χ3n) is 4.26. The number of carbonyl (C=O) groups excluding carboxylic acids is 1. The van der Waals surface area contributed by atoms with Gasteiger partial charge in [-0.15, -0.1) is 0 Å². The minimum atomic E-state index is -0.487. The van der Waals surface area contributed by atoms with Gasteiger partial charge in [0, 0.05) is 38.3 Å². The molecule has 1 amide bonds. The predicted molar refractivity (Wildman–Crippen MR) is 95.5 cm³/mol. The van der Waals surface area contributed by atoms with Gasteiger partial charge in [0.25, 0.3) is 11.6 Å². The topological polar surface area (TPSA) is 96.1 Å². The average molecular weight is 357 g/mol. The number of carbonyl (C=O) groups is 1. The molecule has 2 aromatic rings. The third-order valence-corrected chi connectivity index (χ3v) is 4.26. The number of amides is 1. The van der Waals surface area contributed by atoms with E-state index in [1.807, 2.05) is 17.0 Å². The van der Waals surface area contributed by atoms with Crippen LogP contribution in [0, 0.1) is 10.1 Å². The molecule has 136 valence electrons. The molecule has 0 atom stereocenters.